The molecule has 0 saturated carbocycles. The Kier molecular flexibility index (Phi) is 14.6. The maximum atomic E-state index is 12.6. The molecular weight excluding hydrogens is 512 g/mol. The van der Waals surface area contributed by atoms with Gasteiger partial charge in [-0.2, -0.15) is 0 Å². The number of carbonyl (C=O) groups excluding carboxylic acids is 2. The number of hydrogen-bond acceptors (Lipinski definition) is 5. The molecule has 0 heterocycles. The Labute approximate surface area is 246 Å². The Hall–Kier alpha value is -3.60. The number of rotatable bonds is 19. The maximum Gasteiger partial charge on any atom is 0.343 e. The van der Waals surface area contributed by atoms with Gasteiger partial charge < -0.3 is 14.2 Å². The van der Waals surface area contributed by atoms with Crippen LogP contribution in [0.1, 0.15) is 117 Å². The summed E-state index contributed by atoms with van der Waals surface area (Å²) in [6.07, 6.45) is 16.0. The highest BCUT2D eigenvalue weighted by atomic mass is 16.5. The van der Waals surface area contributed by atoms with Crippen LogP contribution in [0.25, 0.3) is 0 Å². The second-order valence-corrected chi connectivity index (χ2v) is 10.6. The van der Waals surface area contributed by atoms with Gasteiger partial charge in [0.15, 0.2) is 0 Å². The van der Waals surface area contributed by atoms with Crippen molar-refractivity contribution in [1.82, 2.24) is 0 Å². The number of carbonyl (C=O) groups is 2. The van der Waals surface area contributed by atoms with Crippen LogP contribution >= 0.6 is 0 Å². The minimum absolute atomic E-state index is 0.351. The molecule has 5 nitrogen and oxygen atoms in total. The van der Waals surface area contributed by atoms with Gasteiger partial charge >= 0.3 is 11.9 Å². The maximum absolute atomic E-state index is 12.6. The predicted octanol–water partition coefficient (Wildman–Crippen LogP) is 9.77. The molecule has 41 heavy (non-hydrogen) atoms. The first kappa shape index (κ1) is 31.9. The van der Waals surface area contributed by atoms with E-state index in [1.165, 1.54) is 76.2 Å². The molecule has 0 aromatic heterocycles. The van der Waals surface area contributed by atoms with Crippen LogP contribution in [0.4, 0.5) is 0 Å². The first-order valence-electron chi connectivity index (χ1n) is 15.4. The summed E-state index contributed by atoms with van der Waals surface area (Å²) in [4.78, 5) is 25.2. The lowest BCUT2D eigenvalue weighted by atomic mass is 10.0. The smallest absolute Gasteiger partial charge is 0.343 e. The Morgan fingerprint density at radius 2 is 0.902 bits per heavy atom. The van der Waals surface area contributed by atoms with Gasteiger partial charge in [0.25, 0.3) is 0 Å². The Morgan fingerprint density at radius 3 is 1.41 bits per heavy atom. The predicted molar refractivity (Wildman–Crippen MR) is 165 cm³/mol. The van der Waals surface area contributed by atoms with Gasteiger partial charge in [-0.05, 0) is 85.5 Å². The quantitative estimate of drug-likeness (QED) is 0.0832. The van der Waals surface area contributed by atoms with Crippen LogP contribution in [0.2, 0.25) is 0 Å². The lowest BCUT2D eigenvalue weighted by Crippen LogP contribution is -2.11. The Balaban J connectivity index is 1.39. The van der Waals surface area contributed by atoms with Crippen molar-refractivity contribution >= 4 is 11.9 Å². The summed E-state index contributed by atoms with van der Waals surface area (Å²) in [5, 5.41) is 0. The molecular formula is C36H46O5. The highest BCUT2D eigenvalue weighted by Gasteiger charge is 2.13. The van der Waals surface area contributed by atoms with Crippen molar-refractivity contribution in [2.75, 3.05) is 6.61 Å². The van der Waals surface area contributed by atoms with E-state index in [1.807, 2.05) is 24.3 Å². The number of unbranched alkanes of at least 4 members (excludes halogenated alkanes) is 10. The minimum Gasteiger partial charge on any atom is -0.494 e. The molecule has 3 aromatic carbocycles. The minimum atomic E-state index is -0.494. The molecule has 5 heteroatoms. The van der Waals surface area contributed by atoms with Crippen molar-refractivity contribution < 1.29 is 23.8 Å². The van der Waals surface area contributed by atoms with E-state index in [-0.39, 0.29) is 0 Å². The molecule has 0 unspecified atom stereocenters. The molecule has 0 saturated heterocycles. The van der Waals surface area contributed by atoms with Crippen LogP contribution in [0, 0.1) is 0 Å². The van der Waals surface area contributed by atoms with Crippen LogP contribution in [0.3, 0.4) is 0 Å². The zero-order valence-corrected chi connectivity index (χ0v) is 24.9. The second kappa shape index (κ2) is 18.7. The summed E-state index contributed by atoms with van der Waals surface area (Å²) in [7, 11) is 0. The monoisotopic (exact) mass is 558 g/mol. The molecule has 0 amide bonds. The van der Waals surface area contributed by atoms with Gasteiger partial charge in [0.2, 0.25) is 0 Å². The van der Waals surface area contributed by atoms with Crippen LogP contribution in [0.15, 0.2) is 72.8 Å². The summed E-state index contributed by atoms with van der Waals surface area (Å²) in [5.74, 6) is 0.736. The van der Waals surface area contributed by atoms with Gasteiger partial charge in [-0.25, -0.2) is 9.59 Å². The van der Waals surface area contributed by atoms with Gasteiger partial charge in [-0.1, -0.05) is 90.2 Å². The van der Waals surface area contributed by atoms with E-state index in [0.29, 0.717) is 29.2 Å². The van der Waals surface area contributed by atoms with Crippen LogP contribution in [-0.4, -0.2) is 18.5 Å². The number of hydrogen-bond donors (Lipinski definition) is 0. The third kappa shape index (κ3) is 12.2. The molecule has 0 N–H and O–H groups in total. The number of benzene rings is 3. The van der Waals surface area contributed by atoms with Crippen molar-refractivity contribution in [2.24, 2.45) is 0 Å². The first-order chi connectivity index (χ1) is 20.1. The Morgan fingerprint density at radius 1 is 0.488 bits per heavy atom. The van der Waals surface area contributed by atoms with Crippen LogP contribution < -0.4 is 14.2 Å². The van der Waals surface area contributed by atoms with Crippen molar-refractivity contribution in [2.45, 2.75) is 97.3 Å². The molecule has 0 aliphatic rings. The summed E-state index contributed by atoms with van der Waals surface area (Å²) >= 11 is 0. The van der Waals surface area contributed by atoms with Crippen molar-refractivity contribution in [3.05, 3.63) is 89.5 Å². The molecule has 220 valence electrons. The van der Waals surface area contributed by atoms with E-state index in [2.05, 4.69) is 13.8 Å². The Bertz CT molecular complexity index is 1150. The van der Waals surface area contributed by atoms with Crippen molar-refractivity contribution in [1.29, 1.82) is 0 Å². The lowest BCUT2D eigenvalue weighted by Gasteiger charge is -2.09. The topological polar surface area (TPSA) is 61.8 Å². The fourth-order valence-electron chi connectivity index (χ4n) is 4.58. The van der Waals surface area contributed by atoms with E-state index >= 15 is 0 Å². The average molecular weight is 559 g/mol. The van der Waals surface area contributed by atoms with E-state index < -0.39 is 11.9 Å². The van der Waals surface area contributed by atoms with Crippen LogP contribution in [-0.2, 0) is 6.42 Å². The van der Waals surface area contributed by atoms with E-state index in [1.54, 1.807) is 48.5 Å². The molecule has 0 atom stereocenters. The van der Waals surface area contributed by atoms with Gasteiger partial charge in [-0.15, -0.1) is 0 Å². The first-order valence-corrected chi connectivity index (χ1v) is 15.4. The summed E-state index contributed by atoms with van der Waals surface area (Å²) in [5.41, 5.74) is 1.96. The molecule has 0 spiro atoms. The van der Waals surface area contributed by atoms with E-state index in [0.717, 1.165) is 18.6 Å². The van der Waals surface area contributed by atoms with Crippen molar-refractivity contribution in [3.8, 4) is 17.2 Å². The van der Waals surface area contributed by atoms with E-state index in [9.17, 15) is 9.59 Å². The largest absolute Gasteiger partial charge is 0.494 e. The molecule has 0 bridgehead atoms. The van der Waals surface area contributed by atoms with E-state index in [4.69, 9.17) is 14.2 Å². The summed E-state index contributed by atoms with van der Waals surface area (Å²) in [6, 6.07) is 21.0. The van der Waals surface area contributed by atoms with Crippen molar-refractivity contribution in [3.63, 3.8) is 0 Å². The third-order valence-electron chi connectivity index (χ3n) is 7.11. The number of ether oxygens (including phenoxy) is 3. The molecule has 3 rings (SSSR count). The SMILES string of the molecule is CCCCCCCCOc1ccc(OC(=O)c2ccc(C(=O)Oc3ccc(CCCCCCCC)cc3)cc2)cc1. The van der Waals surface area contributed by atoms with Gasteiger partial charge in [0.1, 0.15) is 17.2 Å². The lowest BCUT2D eigenvalue weighted by molar-refractivity contribution is 0.0720. The highest BCUT2D eigenvalue weighted by molar-refractivity contribution is 5.94. The van der Waals surface area contributed by atoms with Gasteiger partial charge in [0, 0.05) is 0 Å². The summed E-state index contributed by atoms with van der Waals surface area (Å²) in [6.45, 7) is 5.13. The number of esters is 2. The molecule has 3 aromatic rings. The van der Waals surface area contributed by atoms with Crippen LogP contribution in [0.5, 0.6) is 17.2 Å². The average Bonchev–Trinajstić information content (AvgIpc) is 3.00. The normalized spacial score (nSPS) is 10.8. The summed E-state index contributed by atoms with van der Waals surface area (Å²) < 4.78 is 16.8. The van der Waals surface area contributed by atoms with Gasteiger partial charge in [0.05, 0.1) is 17.7 Å². The second-order valence-electron chi connectivity index (χ2n) is 10.6. The highest BCUT2D eigenvalue weighted by Crippen LogP contribution is 2.20. The molecule has 0 aliphatic heterocycles. The number of aryl methyl sites for hydroxylation is 1. The fourth-order valence-corrected chi connectivity index (χ4v) is 4.58. The zero-order valence-electron chi connectivity index (χ0n) is 24.9. The molecule has 0 fully saturated rings. The molecule has 0 radical (unpaired) electrons. The zero-order chi connectivity index (χ0) is 29.1. The third-order valence-corrected chi connectivity index (χ3v) is 7.11. The standard InChI is InChI=1S/C36H46O5/c1-3-5-7-9-11-13-15-29-16-22-33(23-17-29)40-35(37)30-18-20-31(21-19-30)36(38)41-34-26-24-32(25-27-34)39-28-14-12-10-8-6-4-2/h16-27H,3-15,28H2,1-2H3. The fraction of sp³-hybridized carbons (Fsp3) is 0.444. The van der Waals surface area contributed by atoms with Gasteiger partial charge in [-0.3, -0.25) is 0 Å². The molecule has 0 aliphatic carbocycles.